The largest absolute Gasteiger partial charge is 0.354 e. The molecule has 0 aliphatic rings. The highest BCUT2D eigenvalue weighted by Crippen LogP contribution is 2.27. The average molecular weight is 366 g/mol. The normalized spacial score (nSPS) is 13.8. The number of carbonyl (C=O) groups is 2. The molecule has 0 bridgehead atoms. The van der Waals surface area contributed by atoms with Crippen molar-refractivity contribution >= 4 is 22.8 Å². The Hall–Kier alpha value is -2.51. The number of para-hydroxylation sites is 2. The zero-order chi connectivity index (χ0) is 19.4. The Morgan fingerprint density at radius 2 is 1.85 bits per heavy atom. The molecule has 142 valence electrons. The smallest absolute Gasteiger partial charge is 0.320 e. The highest BCUT2D eigenvalue weighted by Gasteiger charge is 2.25. The Kier molecular flexibility index (Phi) is 6.28. The lowest BCUT2D eigenvalue weighted by atomic mass is 10.0. The van der Waals surface area contributed by atoms with Crippen LogP contribution < -0.4 is 10.6 Å². The van der Waals surface area contributed by atoms with E-state index in [1.165, 1.54) is 6.92 Å². The van der Waals surface area contributed by atoms with Crippen LogP contribution in [0.3, 0.4) is 0 Å². The van der Waals surface area contributed by atoms with Crippen LogP contribution >= 0.6 is 0 Å². The molecule has 0 fully saturated rings. The van der Waals surface area contributed by atoms with Crippen LogP contribution in [0.1, 0.15) is 46.0 Å². The Morgan fingerprint density at radius 3 is 2.42 bits per heavy atom. The maximum Gasteiger partial charge on any atom is 0.320 e. The van der Waals surface area contributed by atoms with E-state index in [-0.39, 0.29) is 30.1 Å². The molecule has 0 unspecified atom stereocenters. The monoisotopic (exact) mass is 366 g/mol. The fraction of sp³-hybridized carbons (Fsp3) is 0.500. The first kappa shape index (κ1) is 19.8. The molecule has 0 saturated heterocycles. The molecule has 2 N–H and O–H groups in total. The van der Waals surface area contributed by atoms with E-state index in [0.29, 0.717) is 11.0 Å². The highest BCUT2D eigenvalue weighted by atomic mass is 19.3. The van der Waals surface area contributed by atoms with E-state index in [2.05, 4.69) is 15.6 Å². The molecular formula is C18H24F2N4O2. The minimum absolute atomic E-state index is 0.0974. The second-order valence-electron chi connectivity index (χ2n) is 6.67. The molecule has 2 aromatic rings. The van der Waals surface area contributed by atoms with Gasteiger partial charge in [0.25, 0.3) is 0 Å². The fourth-order valence-electron chi connectivity index (χ4n) is 2.82. The van der Waals surface area contributed by atoms with Crippen molar-refractivity contribution in [2.24, 2.45) is 5.92 Å². The molecule has 0 saturated carbocycles. The number of benzene rings is 1. The van der Waals surface area contributed by atoms with Crippen LogP contribution in [0.25, 0.3) is 11.0 Å². The molecule has 2 atom stereocenters. The van der Waals surface area contributed by atoms with Crippen molar-refractivity contribution in [1.82, 2.24) is 20.2 Å². The standard InChI is InChI=1S/C18H24F2N4O2/c1-10(2)15(22-12(4)25)17(26)21-9-11(3)16-23-13-7-5-6-8-14(13)24(16)18(19)20/h5-8,10-11,15,18H,9H2,1-4H3,(H,21,26)(H,22,25)/t11-,15+/m1/s1. The van der Waals surface area contributed by atoms with Crippen molar-refractivity contribution in [3.8, 4) is 0 Å². The summed E-state index contributed by atoms with van der Waals surface area (Å²) >= 11 is 0. The van der Waals surface area contributed by atoms with Gasteiger partial charge >= 0.3 is 6.55 Å². The summed E-state index contributed by atoms with van der Waals surface area (Å²) in [6, 6.07) is 6.01. The molecule has 1 aromatic carbocycles. The topological polar surface area (TPSA) is 76.0 Å². The number of carbonyl (C=O) groups excluding carboxylic acids is 2. The molecule has 0 radical (unpaired) electrons. The van der Waals surface area contributed by atoms with Gasteiger partial charge in [-0.2, -0.15) is 8.78 Å². The van der Waals surface area contributed by atoms with Crippen LogP contribution in [0.15, 0.2) is 24.3 Å². The number of rotatable bonds is 7. The van der Waals surface area contributed by atoms with Crippen molar-refractivity contribution in [3.05, 3.63) is 30.1 Å². The van der Waals surface area contributed by atoms with E-state index >= 15 is 0 Å². The van der Waals surface area contributed by atoms with Gasteiger partial charge in [0, 0.05) is 19.4 Å². The molecule has 8 heteroatoms. The van der Waals surface area contributed by atoms with Crippen molar-refractivity contribution in [2.45, 2.75) is 46.2 Å². The number of aromatic nitrogens is 2. The first-order chi connectivity index (χ1) is 12.2. The first-order valence-electron chi connectivity index (χ1n) is 8.52. The van der Waals surface area contributed by atoms with Crippen molar-refractivity contribution in [2.75, 3.05) is 6.54 Å². The van der Waals surface area contributed by atoms with Crippen LogP contribution in [0.5, 0.6) is 0 Å². The SMILES string of the molecule is CC(=O)N[C@H](C(=O)NC[C@@H](C)c1nc2ccccc2n1C(F)F)C(C)C. The molecule has 2 amide bonds. The number of amides is 2. The summed E-state index contributed by atoms with van der Waals surface area (Å²) in [6.45, 7) is 4.12. The van der Waals surface area contributed by atoms with Crippen LogP contribution in [0.4, 0.5) is 8.78 Å². The summed E-state index contributed by atoms with van der Waals surface area (Å²) in [4.78, 5) is 27.9. The summed E-state index contributed by atoms with van der Waals surface area (Å²) in [5.41, 5.74) is 0.841. The summed E-state index contributed by atoms with van der Waals surface area (Å²) in [6.07, 6.45) is 0. The second kappa shape index (κ2) is 8.25. The maximum absolute atomic E-state index is 13.5. The number of imidazole rings is 1. The molecule has 1 heterocycles. The number of hydrogen-bond donors (Lipinski definition) is 2. The molecule has 0 aliphatic carbocycles. The molecule has 2 rings (SSSR count). The third-order valence-electron chi connectivity index (χ3n) is 4.15. The zero-order valence-corrected chi connectivity index (χ0v) is 15.3. The Bertz CT molecular complexity index is 789. The predicted molar refractivity (Wildman–Crippen MR) is 94.9 cm³/mol. The van der Waals surface area contributed by atoms with Gasteiger partial charge in [-0.25, -0.2) is 4.98 Å². The predicted octanol–water partition coefficient (Wildman–Crippen LogP) is 2.81. The first-order valence-corrected chi connectivity index (χ1v) is 8.52. The van der Waals surface area contributed by atoms with E-state index in [1.807, 2.05) is 13.8 Å². The van der Waals surface area contributed by atoms with Gasteiger partial charge in [-0.15, -0.1) is 0 Å². The average Bonchev–Trinajstić information content (AvgIpc) is 2.96. The van der Waals surface area contributed by atoms with Crippen LogP contribution in [-0.2, 0) is 9.59 Å². The zero-order valence-electron chi connectivity index (χ0n) is 15.3. The number of alkyl halides is 2. The van der Waals surface area contributed by atoms with Gasteiger partial charge in [0.1, 0.15) is 11.9 Å². The number of nitrogens with zero attached hydrogens (tertiary/aromatic N) is 2. The molecular weight excluding hydrogens is 342 g/mol. The number of hydrogen-bond acceptors (Lipinski definition) is 3. The highest BCUT2D eigenvalue weighted by molar-refractivity contribution is 5.87. The molecule has 1 aromatic heterocycles. The lowest BCUT2D eigenvalue weighted by Crippen LogP contribution is -2.49. The maximum atomic E-state index is 13.5. The molecule has 6 nitrogen and oxygen atoms in total. The van der Waals surface area contributed by atoms with Gasteiger partial charge in [0.15, 0.2) is 0 Å². The summed E-state index contributed by atoms with van der Waals surface area (Å²) in [5.74, 6) is -0.958. The number of fused-ring (bicyclic) bond motifs is 1. The summed E-state index contributed by atoms with van der Waals surface area (Å²) in [5, 5.41) is 5.33. The third-order valence-corrected chi connectivity index (χ3v) is 4.15. The van der Waals surface area contributed by atoms with Gasteiger partial charge < -0.3 is 10.6 Å². The minimum atomic E-state index is -2.72. The minimum Gasteiger partial charge on any atom is -0.354 e. The number of nitrogens with one attached hydrogen (secondary N) is 2. The van der Waals surface area contributed by atoms with Crippen molar-refractivity contribution in [1.29, 1.82) is 0 Å². The van der Waals surface area contributed by atoms with E-state index in [9.17, 15) is 18.4 Å². The number of halogens is 2. The van der Waals surface area contributed by atoms with Gasteiger partial charge in [-0.3, -0.25) is 14.2 Å². The molecule has 0 spiro atoms. The van der Waals surface area contributed by atoms with Gasteiger partial charge in [-0.05, 0) is 18.1 Å². The van der Waals surface area contributed by atoms with Crippen LogP contribution in [0.2, 0.25) is 0 Å². The van der Waals surface area contributed by atoms with Gasteiger partial charge in [-0.1, -0.05) is 32.9 Å². The van der Waals surface area contributed by atoms with Crippen molar-refractivity contribution in [3.63, 3.8) is 0 Å². The summed E-state index contributed by atoms with van der Waals surface area (Å²) in [7, 11) is 0. The Morgan fingerprint density at radius 1 is 1.19 bits per heavy atom. The lowest BCUT2D eigenvalue weighted by molar-refractivity contribution is -0.129. The second-order valence-corrected chi connectivity index (χ2v) is 6.67. The summed E-state index contributed by atoms with van der Waals surface area (Å²) < 4.78 is 27.9. The van der Waals surface area contributed by atoms with E-state index in [0.717, 1.165) is 4.57 Å². The van der Waals surface area contributed by atoms with Crippen LogP contribution in [-0.4, -0.2) is 34.0 Å². The molecule has 0 aliphatic heterocycles. The van der Waals surface area contributed by atoms with Gasteiger partial charge in [0.2, 0.25) is 11.8 Å². The molecule has 26 heavy (non-hydrogen) atoms. The van der Waals surface area contributed by atoms with Crippen LogP contribution in [0, 0.1) is 5.92 Å². The third kappa shape index (κ3) is 4.36. The Balaban J connectivity index is 2.16. The van der Waals surface area contributed by atoms with E-state index in [1.54, 1.807) is 31.2 Å². The Labute approximate surface area is 151 Å². The van der Waals surface area contributed by atoms with Gasteiger partial charge in [0.05, 0.1) is 11.0 Å². The lowest BCUT2D eigenvalue weighted by Gasteiger charge is -2.22. The van der Waals surface area contributed by atoms with E-state index in [4.69, 9.17) is 0 Å². The van der Waals surface area contributed by atoms with E-state index < -0.39 is 18.5 Å². The fourth-order valence-corrected chi connectivity index (χ4v) is 2.82. The quantitative estimate of drug-likeness (QED) is 0.791. The van der Waals surface area contributed by atoms with Crippen molar-refractivity contribution < 1.29 is 18.4 Å².